The fraction of sp³-hybridized carbons (Fsp3) is 0.148. The average molecular weight is 811 g/mol. The van der Waals surface area contributed by atoms with Crippen LogP contribution in [0.2, 0.25) is 0 Å². The van der Waals surface area contributed by atoms with Crippen molar-refractivity contribution in [1.82, 2.24) is 0 Å². The van der Waals surface area contributed by atoms with Crippen molar-refractivity contribution in [3.63, 3.8) is 0 Å². The fourth-order valence-electron chi connectivity index (χ4n) is 11.8. The molecule has 0 atom stereocenters. The number of hydrogen-bond acceptors (Lipinski definition) is 2. The topological polar surface area (TPSA) is 6.48 Å². The summed E-state index contributed by atoms with van der Waals surface area (Å²) in [5.41, 5.74) is 25.4. The van der Waals surface area contributed by atoms with Crippen LogP contribution in [0.4, 0.5) is 22.7 Å². The molecule has 0 amide bonds. The van der Waals surface area contributed by atoms with Crippen molar-refractivity contribution in [3.05, 3.63) is 237 Å². The molecule has 0 unspecified atom stereocenters. The molecule has 2 nitrogen and oxygen atoms in total. The molecule has 0 radical (unpaired) electrons. The lowest BCUT2D eigenvalue weighted by Crippen LogP contribution is -2.30. The molecule has 0 saturated carbocycles. The van der Waals surface area contributed by atoms with Gasteiger partial charge in [0.05, 0.1) is 5.41 Å². The van der Waals surface area contributed by atoms with Gasteiger partial charge in [-0.15, -0.1) is 0 Å². The van der Waals surface area contributed by atoms with E-state index in [0.29, 0.717) is 0 Å². The fourth-order valence-corrected chi connectivity index (χ4v) is 11.8. The molecule has 304 valence electrons. The van der Waals surface area contributed by atoms with Gasteiger partial charge in [0.25, 0.3) is 0 Å². The van der Waals surface area contributed by atoms with Crippen LogP contribution in [0.5, 0.6) is 0 Å². The predicted octanol–water partition coefficient (Wildman–Crippen LogP) is 15.2. The number of anilines is 4. The number of rotatable bonds is 4. The second-order valence-electron chi connectivity index (χ2n) is 19.1. The molecule has 1 spiro atoms. The molecule has 0 saturated heterocycles. The number of fused-ring (bicyclic) bond motifs is 14. The van der Waals surface area contributed by atoms with E-state index in [1.165, 1.54) is 112 Å². The minimum absolute atomic E-state index is 0.0729. The van der Waals surface area contributed by atoms with Gasteiger partial charge < -0.3 is 9.80 Å². The van der Waals surface area contributed by atoms with Gasteiger partial charge in [0.1, 0.15) is 0 Å². The average Bonchev–Trinajstić information content (AvgIpc) is 3.78. The molecule has 2 aliphatic heterocycles. The summed E-state index contributed by atoms with van der Waals surface area (Å²) in [6.45, 7) is 9.38. The van der Waals surface area contributed by atoms with Crippen molar-refractivity contribution >= 4 is 47.1 Å². The van der Waals surface area contributed by atoms with Crippen molar-refractivity contribution in [2.45, 2.75) is 43.9 Å². The minimum Gasteiger partial charge on any atom is -0.344 e. The molecule has 2 heteroatoms. The van der Waals surface area contributed by atoms with Crippen molar-refractivity contribution < 1.29 is 0 Å². The molecule has 8 aromatic carbocycles. The van der Waals surface area contributed by atoms with Crippen LogP contribution in [-0.2, 0) is 16.2 Å². The molecule has 63 heavy (non-hydrogen) atoms. The third kappa shape index (κ3) is 5.25. The highest BCUT2D eigenvalue weighted by atomic mass is 15.1. The van der Waals surface area contributed by atoms with Gasteiger partial charge in [-0.3, -0.25) is 0 Å². The van der Waals surface area contributed by atoms with Gasteiger partial charge in [0, 0.05) is 47.7 Å². The van der Waals surface area contributed by atoms with Gasteiger partial charge >= 0.3 is 0 Å². The largest absolute Gasteiger partial charge is 0.344 e. The second kappa shape index (κ2) is 13.4. The molecule has 0 fully saturated rings. The maximum Gasteiger partial charge on any atom is 0.0725 e. The van der Waals surface area contributed by atoms with Crippen molar-refractivity contribution in [2.75, 3.05) is 23.9 Å². The third-order valence-corrected chi connectivity index (χ3v) is 15.1. The summed E-state index contributed by atoms with van der Waals surface area (Å²) in [5.74, 6) is 0. The monoisotopic (exact) mass is 810 g/mol. The highest BCUT2D eigenvalue weighted by Gasteiger charge is 2.51. The molecule has 12 rings (SSSR count). The Kier molecular flexibility index (Phi) is 8.01. The standard InChI is InChI=1S/C61H50N2/c1-59(2)49-19-11-13-21-55(49)62(5)57-37-41(29-33-51(57)59)25-23-39-27-31-45-46-32-28-40(24-26-42-30-34-52-58(38-42)63(6)56-22-14-12-20-50(56)60(52,3)4)36-54(46)61(53(45)35-39)47-17-9-7-15-43(47)44-16-8-10-18-48(44)61/h7-38H,1-6H3. The van der Waals surface area contributed by atoms with Crippen LogP contribution in [0.3, 0.4) is 0 Å². The van der Waals surface area contributed by atoms with E-state index in [1.54, 1.807) is 0 Å². The zero-order valence-corrected chi connectivity index (χ0v) is 36.9. The van der Waals surface area contributed by atoms with E-state index < -0.39 is 5.41 Å². The van der Waals surface area contributed by atoms with Gasteiger partial charge in [0.15, 0.2) is 0 Å². The number of benzene rings is 8. The highest BCUT2D eigenvalue weighted by Crippen LogP contribution is 2.63. The Bertz CT molecular complexity index is 3060. The maximum absolute atomic E-state index is 2.47. The predicted molar refractivity (Wildman–Crippen MR) is 267 cm³/mol. The molecule has 8 aromatic rings. The summed E-state index contributed by atoms with van der Waals surface area (Å²) in [6.07, 6.45) is 9.18. The quantitative estimate of drug-likeness (QED) is 0.163. The van der Waals surface area contributed by atoms with E-state index in [0.717, 1.165) is 0 Å². The minimum atomic E-state index is -0.438. The first-order valence-electron chi connectivity index (χ1n) is 22.4. The summed E-state index contributed by atoms with van der Waals surface area (Å²) in [4.78, 5) is 4.71. The molecular weight excluding hydrogens is 761 g/mol. The summed E-state index contributed by atoms with van der Waals surface area (Å²) < 4.78 is 0. The number of hydrogen-bond donors (Lipinski definition) is 0. The zero-order chi connectivity index (χ0) is 42.8. The normalized spacial score (nSPS) is 16.3. The molecule has 2 aliphatic carbocycles. The summed E-state index contributed by atoms with van der Waals surface area (Å²) in [5, 5.41) is 0. The van der Waals surface area contributed by atoms with Crippen LogP contribution in [0.1, 0.15) is 94.5 Å². The molecule has 0 aromatic heterocycles. The maximum atomic E-state index is 2.47. The Morgan fingerprint density at radius 2 is 0.619 bits per heavy atom. The third-order valence-electron chi connectivity index (χ3n) is 15.1. The van der Waals surface area contributed by atoms with Crippen LogP contribution < -0.4 is 9.80 Å². The van der Waals surface area contributed by atoms with Crippen molar-refractivity contribution in [1.29, 1.82) is 0 Å². The number of para-hydroxylation sites is 2. The van der Waals surface area contributed by atoms with Crippen molar-refractivity contribution in [3.8, 4) is 22.3 Å². The Morgan fingerprint density at radius 1 is 0.302 bits per heavy atom. The summed E-state index contributed by atoms with van der Waals surface area (Å²) in [6, 6.07) is 64.0. The lowest BCUT2D eigenvalue weighted by Gasteiger charge is -2.40. The summed E-state index contributed by atoms with van der Waals surface area (Å²) in [7, 11) is 4.40. The first-order chi connectivity index (χ1) is 30.6. The Morgan fingerprint density at radius 3 is 1.05 bits per heavy atom. The first-order valence-corrected chi connectivity index (χ1v) is 22.4. The SMILES string of the molecule is CN1c2ccccc2C(C)(C)c2ccc(C=Cc3ccc4c(c3)C3(c5ccccc5-c5ccccc53)c3cc(C=Cc5ccc6c(c5)N(C)c5ccccc5C6(C)C)ccc3-4)cc21. The van der Waals surface area contributed by atoms with Crippen LogP contribution in [0, 0.1) is 0 Å². The van der Waals surface area contributed by atoms with Gasteiger partial charge in [0.2, 0.25) is 0 Å². The number of nitrogens with zero attached hydrogens (tertiary/aromatic N) is 2. The van der Waals surface area contributed by atoms with E-state index in [9.17, 15) is 0 Å². The molecular formula is C61H50N2. The Balaban J connectivity index is 0.944. The molecule has 0 bridgehead atoms. The van der Waals surface area contributed by atoms with Gasteiger partial charge in [-0.2, -0.15) is 0 Å². The van der Waals surface area contributed by atoms with Gasteiger partial charge in [-0.05, 0) is 125 Å². The molecule has 2 heterocycles. The van der Waals surface area contributed by atoms with Crippen LogP contribution in [0.15, 0.2) is 170 Å². The smallest absolute Gasteiger partial charge is 0.0725 e. The lowest BCUT2D eigenvalue weighted by molar-refractivity contribution is 0.629. The van der Waals surface area contributed by atoms with Gasteiger partial charge in [-0.1, -0.05) is 185 Å². The molecule has 0 N–H and O–H groups in total. The van der Waals surface area contributed by atoms with Gasteiger partial charge in [-0.25, -0.2) is 0 Å². The van der Waals surface area contributed by atoms with Crippen molar-refractivity contribution in [2.24, 2.45) is 0 Å². The van der Waals surface area contributed by atoms with E-state index in [-0.39, 0.29) is 10.8 Å². The Hall–Kier alpha value is -7.16. The van der Waals surface area contributed by atoms with E-state index in [1.807, 2.05) is 0 Å². The Labute approximate surface area is 372 Å². The highest BCUT2D eigenvalue weighted by molar-refractivity contribution is 5.96. The van der Waals surface area contributed by atoms with Crippen LogP contribution in [0.25, 0.3) is 46.6 Å². The lowest BCUT2D eigenvalue weighted by atomic mass is 9.70. The van der Waals surface area contributed by atoms with E-state index >= 15 is 0 Å². The zero-order valence-electron chi connectivity index (χ0n) is 36.9. The van der Waals surface area contributed by atoms with Crippen LogP contribution >= 0.6 is 0 Å². The molecule has 4 aliphatic rings. The second-order valence-corrected chi connectivity index (χ2v) is 19.1. The first kappa shape index (κ1) is 37.6. The van der Waals surface area contributed by atoms with E-state index in [2.05, 4.69) is 246 Å². The van der Waals surface area contributed by atoms with Crippen LogP contribution in [-0.4, -0.2) is 14.1 Å². The summed E-state index contributed by atoms with van der Waals surface area (Å²) >= 11 is 0. The van der Waals surface area contributed by atoms with E-state index in [4.69, 9.17) is 0 Å².